The predicted molar refractivity (Wildman–Crippen MR) is 139 cm³/mol. The van der Waals surface area contributed by atoms with Crippen molar-refractivity contribution in [1.82, 2.24) is 0 Å². The Balaban J connectivity index is 1.75. The molecule has 0 heterocycles. The van der Waals surface area contributed by atoms with Gasteiger partial charge in [-0.2, -0.15) is 10.4 Å². The molecule has 0 aliphatic carbocycles. The summed E-state index contributed by atoms with van der Waals surface area (Å²) in [6.07, 6.45) is 5.48. The number of hydrogen-bond acceptors (Lipinski definition) is 6. The molecule has 0 unspecified atom stereocenters. The minimum absolute atomic E-state index is 0.502. The number of nitrogens with zero attached hydrogens (tertiary/aromatic N) is 5. The number of aliphatic imine (C=N–C) groups is 1. The van der Waals surface area contributed by atoms with Crippen molar-refractivity contribution >= 4 is 29.0 Å². The molecule has 0 N–H and O–H groups in total. The van der Waals surface area contributed by atoms with Gasteiger partial charge in [-0.15, -0.1) is 18.3 Å². The Hall–Kier alpha value is -4.50. The monoisotopic (exact) mass is 449 g/mol. The van der Waals surface area contributed by atoms with Crippen molar-refractivity contribution in [1.29, 1.82) is 5.26 Å². The number of nitriles is 1. The summed E-state index contributed by atoms with van der Waals surface area (Å²) >= 11 is 0. The third-order valence-corrected chi connectivity index (χ3v) is 4.83. The first-order valence-corrected chi connectivity index (χ1v) is 11.0. The maximum atomic E-state index is 8.91. The lowest BCUT2D eigenvalue weighted by molar-refractivity contribution is 0.341. The van der Waals surface area contributed by atoms with E-state index in [4.69, 9.17) is 10.00 Å². The van der Waals surface area contributed by atoms with Gasteiger partial charge in [0.2, 0.25) is 0 Å². The minimum Gasteiger partial charge on any atom is -0.491 e. The first-order valence-electron chi connectivity index (χ1n) is 11.0. The third kappa shape index (κ3) is 6.75. The maximum Gasteiger partial charge on any atom is 0.148 e. The van der Waals surface area contributed by atoms with E-state index < -0.39 is 0 Å². The average Bonchev–Trinajstić information content (AvgIpc) is 2.87. The van der Waals surface area contributed by atoms with Gasteiger partial charge in [-0.25, -0.2) is 0 Å². The molecule has 6 heteroatoms. The highest BCUT2D eigenvalue weighted by Gasteiger charge is 2.06. The summed E-state index contributed by atoms with van der Waals surface area (Å²) in [7, 11) is 0. The normalized spacial score (nSPS) is 10.8. The molecule has 0 saturated carbocycles. The molecular weight excluding hydrogens is 422 g/mol. The average molecular weight is 450 g/mol. The summed E-state index contributed by atoms with van der Waals surface area (Å²) in [4.78, 5) is 6.67. The van der Waals surface area contributed by atoms with Crippen LogP contribution < -0.4 is 9.64 Å². The second-order valence-corrected chi connectivity index (χ2v) is 7.28. The molecule has 0 fully saturated rings. The van der Waals surface area contributed by atoms with Crippen molar-refractivity contribution < 1.29 is 4.74 Å². The smallest absolute Gasteiger partial charge is 0.148 e. The zero-order valence-electron chi connectivity index (χ0n) is 19.3. The van der Waals surface area contributed by atoms with Gasteiger partial charge in [-0.1, -0.05) is 24.3 Å². The van der Waals surface area contributed by atoms with Gasteiger partial charge in [0.15, 0.2) is 0 Å². The minimum atomic E-state index is 0.502. The molecule has 34 heavy (non-hydrogen) atoms. The van der Waals surface area contributed by atoms with Crippen LogP contribution in [-0.4, -0.2) is 25.9 Å². The molecule has 0 aromatic heterocycles. The number of rotatable bonds is 11. The zero-order chi connectivity index (χ0) is 24.2. The molecule has 0 atom stereocenters. The predicted octanol–water partition coefficient (Wildman–Crippen LogP) is 7.30. The fraction of sp³-hybridized carbons (Fsp3) is 0.143. The Morgan fingerprint density at radius 2 is 1.59 bits per heavy atom. The van der Waals surface area contributed by atoms with E-state index in [0.717, 1.165) is 35.7 Å². The lowest BCUT2D eigenvalue weighted by Crippen LogP contribution is -2.22. The SMILES string of the molecule is C=CCN(CC=C)c1ccc(/N=N/c2ccc(/N=C/c3ccc(C#N)cc3)cc2OCC)cc1. The van der Waals surface area contributed by atoms with E-state index in [1.807, 2.05) is 73.7 Å². The highest BCUT2D eigenvalue weighted by molar-refractivity contribution is 5.82. The fourth-order valence-electron chi connectivity index (χ4n) is 3.17. The molecule has 170 valence electrons. The second kappa shape index (κ2) is 12.5. The number of ether oxygens (including phenoxy) is 1. The Bertz CT molecular complexity index is 1200. The first kappa shape index (κ1) is 24.1. The van der Waals surface area contributed by atoms with Gasteiger partial charge in [0.1, 0.15) is 11.4 Å². The lowest BCUT2D eigenvalue weighted by Gasteiger charge is -2.21. The molecule has 3 aromatic carbocycles. The highest BCUT2D eigenvalue weighted by atomic mass is 16.5. The summed E-state index contributed by atoms with van der Waals surface area (Å²) in [5.41, 5.74) is 4.70. The molecule has 6 nitrogen and oxygen atoms in total. The van der Waals surface area contributed by atoms with Crippen LogP contribution in [0.2, 0.25) is 0 Å². The van der Waals surface area contributed by atoms with Crippen molar-refractivity contribution in [2.24, 2.45) is 15.2 Å². The van der Waals surface area contributed by atoms with Crippen molar-refractivity contribution in [3.8, 4) is 11.8 Å². The molecule has 0 radical (unpaired) electrons. The third-order valence-electron chi connectivity index (χ3n) is 4.83. The van der Waals surface area contributed by atoms with Gasteiger partial charge >= 0.3 is 0 Å². The number of benzene rings is 3. The highest BCUT2D eigenvalue weighted by Crippen LogP contribution is 2.33. The Kier molecular flexibility index (Phi) is 8.89. The van der Waals surface area contributed by atoms with Crippen LogP contribution in [0.15, 0.2) is 107 Å². The molecule has 0 bridgehead atoms. The first-order chi connectivity index (χ1) is 16.7. The molecule has 3 aromatic rings. The van der Waals surface area contributed by atoms with Gasteiger partial charge in [-0.3, -0.25) is 4.99 Å². The van der Waals surface area contributed by atoms with Crippen molar-refractivity contribution in [2.75, 3.05) is 24.6 Å². The van der Waals surface area contributed by atoms with E-state index in [2.05, 4.69) is 39.3 Å². The summed E-state index contributed by atoms with van der Waals surface area (Å²) < 4.78 is 5.76. The van der Waals surface area contributed by atoms with E-state index in [1.165, 1.54) is 0 Å². The van der Waals surface area contributed by atoms with Crippen molar-refractivity contribution in [2.45, 2.75) is 6.92 Å². The van der Waals surface area contributed by atoms with Crippen LogP contribution >= 0.6 is 0 Å². The Labute approximate surface area is 200 Å². The Morgan fingerprint density at radius 1 is 0.912 bits per heavy atom. The number of azo groups is 1. The molecule has 0 saturated heterocycles. The standard InChI is InChI=1S/C28H27N5O/c1-4-17-33(18-5-2)26-14-11-24(12-15-26)31-32-27-16-13-25(19-28(27)34-6-3)30-21-23-9-7-22(20-29)8-10-23/h4-5,7-16,19,21H,1-2,6,17-18H2,3H3/b30-21+,32-31+. The van der Waals surface area contributed by atoms with Crippen LogP contribution in [-0.2, 0) is 0 Å². The van der Waals surface area contributed by atoms with E-state index in [9.17, 15) is 0 Å². The number of anilines is 1. The Morgan fingerprint density at radius 3 is 2.21 bits per heavy atom. The summed E-state index contributed by atoms with van der Waals surface area (Å²) in [5, 5.41) is 17.7. The van der Waals surface area contributed by atoms with Gasteiger partial charge in [0.05, 0.1) is 29.6 Å². The molecule has 0 aliphatic heterocycles. The van der Waals surface area contributed by atoms with Gasteiger partial charge < -0.3 is 9.64 Å². The molecule has 0 amide bonds. The fourth-order valence-corrected chi connectivity index (χ4v) is 3.17. The van der Waals surface area contributed by atoms with E-state index >= 15 is 0 Å². The largest absolute Gasteiger partial charge is 0.491 e. The van der Waals surface area contributed by atoms with Crippen LogP contribution in [0.1, 0.15) is 18.1 Å². The van der Waals surface area contributed by atoms with Crippen LogP contribution in [0.4, 0.5) is 22.7 Å². The van der Waals surface area contributed by atoms with Crippen LogP contribution in [0, 0.1) is 11.3 Å². The molecule has 0 aliphatic rings. The number of hydrogen-bond donors (Lipinski definition) is 0. The van der Waals surface area contributed by atoms with Crippen LogP contribution in [0.5, 0.6) is 5.75 Å². The van der Waals surface area contributed by atoms with E-state index in [1.54, 1.807) is 18.3 Å². The summed E-state index contributed by atoms with van der Waals surface area (Å²) in [6.45, 7) is 11.5. The second-order valence-electron chi connectivity index (χ2n) is 7.28. The van der Waals surface area contributed by atoms with Crippen LogP contribution in [0.25, 0.3) is 0 Å². The lowest BCUT2D eigenvalue weighted by atomic mass is 10.2. The summed E-state index contributed by atoms with van der Waals surface area (Å²) in [6, 6.07) is 22.7. The van der Waals surface area contributed by atoms with Crippen LogP contribution in [0.3, 0.4) is 0 Å². The molecule has 0 spiro atoms. The topological polar surface area (TPSA) is 73.3 Å². The van der Waals surface area contributed by atoms with Gasteiger partial charge in [-0.05, 0) is 61.0 Å². The molecular formula is C28H27N5O. The van der Waals surface area contributed by atoms with Gasteiger partial charge in [0.25, 0.3) is 0 Å². The van der Waals surface area contributed by atoms with Crippen molar-refractivity contribution in [3.63, 3.8) is 0 Å². The maximum absolute atomic E-state index is 8.91. The molecule has 3 rings (SSSR count). The van der Waals surface area contributed by atoms with E-state index in [0.29, 0.717) is 23.6 Å². The van der Waals surface area contributed by atoms with Crippen molar-refractivity contribution in [3.05, 3.63) is 103 Å². The quantitative estimate of drug-likeness (QED) is 0.175. The summed E-state index contributed by atoms with van der Waals surface area (Å²) in [5.74, 6) is 0.612. The van der Waals surface area contributed by atoms with Gasteiger partial charge in [0, 0.05) is 31.1 Å². The van der Waals surface area contributed by atoms with E-state index in [-0.39, 0.29) is 0 Å². The zero-order valence-corrected chi connectivity index (χ0v) is 19.3.